The second-order valence-electron chi connectivity index (χ2n) is 3.50. The van der Waals surface area contributed by atoms with Crippen LogP contribution in [-0.4, -0.2) is 25.7 Å². The monoisotopic (exact) mass is 226 g/mol. The highest BCUT2D eigenvalue weighted by molar-refractivity contribution is 5.95. The predicted octanol–water partition coefficient (Wildman–Crippen LogP) is 1.17. The van der Waals surface area contributed by atoms with Gasteiger partial charge in [0.05, 0.1) is 11.7 Å². The number of ether oxygens (including phenoxy) is 1. The predicted molar refractivity (Wildman–Crippen MR) is 59.6 cm³/mol. The minimum absolute atomic E-state index is 0.0525. The second-order valence-corrected chi connectivity index (χ2v) is 3.50. The van der Waals surface area contributed by atoms with Crippen LogP contribution in [0.2, 0.25) is 0 Å². The summed E-state index contributed by atoms with van der Waals surface area (Å²) in [5.41, 5.74) is 5.78. The van der Waals surface area contributed by atoms with Gasteiger partial charge in [-0.15, -0.1) is 0 Å². The molecule has 1 unspecified atom stereocenters. The summed E-state index contributed by atoms with van der Waals surface area (Å²) in [5.74, 6) is -1.08. The Balaban J connectivity index is 2.69. The largest absolute Gasteiger partial charge is 0.399 e. The molecule has 0 aliphatic rings. The van der Waals surface area contributed by atoms with Gasteiger partial charge in [0.15, 0.2) is 0 Å². The summed E-state index contributed by atoms with van der Waals surface area (Å²) in [4.78, 5) is 11.6. The van der Waals surface area contributed by atoms with E-state index in [9.17, 15) is 9.18 Å². The van der Waals surface area contributed by atoms with Crippen LogP contribution in [0.25, 0.3) is 0 Å². The number of amides is 1. The van der Waals surface area contributed by atoms with E-state index in [-0.39, 0.29) is 11.7 Å². The van der Waals surface area contributed by atoms with Crippen molar-refractivity contribution in [3.63, 3.8) is 0 Å². The van der Waals surface area contributed by atoms with Gasteiger partial charge in [-0.2, -0.15) is 0 Å². The molecule has 0 fully saturated rings. The van der Waals surface area contributed by atoms with E-state index in [0.29, 0.717) is 12.2 Å². The first-order valence-corrected chi connectivity index (χ1v) is 4.90. The number of benzene rings is 1. The number of anilines is 1. The average molecular weight is 226 g/mol. The molecule has 1 aromatic rings. The van der Waals surface area contributed by atoms with E-state index in [1.54, 1.807) is 6.92 Å². The molecule has 0 heterocycles. The normalized spacial score (nSPS) is 12.2. The van der Waals surface area contributed by atoms with Crippen LogP contribution in [0, 0.1) is 5.82 Å². The van der Waals surface area contributed by atoms with Crippen LogP contribution in [-0.2, 0) is 4.74 Å². The zero-order chi connectivity index (χ0) is 12.1. The minimum Gasteiger partial charge on any atom is -0.399 e. The number of nitrogens with one attached hydrogen (secondary N) is 1. The van der Waals surface area contributed by atoms with Crippen molar-refractivity contribution >= 4 is 11.6 Å². The number of nitrogens with two attached hydrogens (primary N) is 1. The third kappa shape index (κ3) is 3.20. The molecule has 1 amide bonds. The Hall–Kier alpha value is -1.62. The first-order valence-electron chi connectivity index (χ1n) is 4.90. The van der Waals surface area contributed by atoms with Crippen LogP contribution < -0.4 is 11.1 Å². The summed E-state index contributed by atoms with van der Waals surface area (Å²) in [7, 11) is 1.54. The summed E-state index contributed by atoms with van der Waals surface area (Å²) < 4.78 is 18.2. The van der Waals surface area contributed by atoms with Gasteiger partial charge in [-0.05, 0) is 25.1 Å². The highest BCUT2D eigenvalue weighted by atomic mass is 19.1. The van der Waals surface area contributed by atoms with Gasteiger partial charge >= 0.3 is 0 Å². The van der Waals surface area contributed by atoms with E-state index in [1.165, 1.54) is 25.3 Å². The average Bonchev–Trinajstić information content (AvgIpc) is 2.28. The van der Waals surface area contributed by atoms with E-state index in [1.807, 2.05) is 0 Å². The number of rotatable bonds is 4. The molecule has 4 nitrogen and oxygen atoms in total. The van der Waals surface area contributed by atoms with Crippen LogP contribution in [0.1, 0.15) is 17.3 Å². The third-order valence-electron chi connectivity index (χ3n) is 2.19. The van der Waals surface area contributed by atoms with Crippen molar-refractivity contribution in [2.75, 3.05) is 19.4 Å². The molecular weight excluding hydrogens is 211 g/mol. The number of halogens is 1. The Kier molecular flexibility index (Phi) is 4.25. The Morgan fingerprint density at radius 3 is 2.94 bits per heavy atom. The molecule has 3 N–H and O–H groups in total. The molecule has 0 aliphatic carbocycles. The highest BCUT2D eigenvalue weighted by Gasteiger charge is 2.12. The molecule has 0 aliphatic heterocycles. The van der Waals surface area contributed by atoms with Gasteiger partial charge in [-0.25, -0.2) is 4.39 Å². The number of nitrogen functional groups attached to an aromatic ring is 1. The van der Waals surface area contributed by atoms with Crippen LogP contribution in [0.3, 0.4) is 0 Å². The first-order chi connectivity index (χ1) is 7.54. The Morgan fingerprint density at radius 1 is 1.62 bits per heavy atom. The summed E-state index contributed by atoms with van der Waals surface area (Å²) in [6.45, 7) is 2.12. The van der Waals surface area contributed by atoms with Gasteiger partial charge in [-0.1, -0.05) is 0 Å². The molecule has 1 atom stereocenters. The Morgan fingerprint density at radius 2 is 2.31 bits per heavy atom. The van der Waals surface area contributed by atoms with Crippen molar-refractivity contribution in [2.24, 2.45) is 0 Å². The lowest BCUT2D eigenvalue weighted by atomic mass is 10.1. The summed E-state index contributed by atoms with van der Waals surface area (Å²) in [6, 6.07) is 3.88. The van der Waals surface area contributed by atoms with E-state index < -0.39 is 11.7 Å². The quantitative estimate of drug-likeness (QED) is 0.757. The number of hydrogen-bond acceptors (Lipinski definition) is 3. The number of hydrogen-bond donors (Lipinski definition) is 2. The van der Waals surface area contributed by atoms with Crippen LogP contribution in [0.5, 0.6) is 0 Å². The zero-order valence-electron chi connectivity index (χ0n) is 9.29. The third-order valence-corrected chi connectivity index (χ3v) is 2.19. The lowest BCUT2D eigenvalue weighted by molar-refractivity contribution is 0.0867. The molecule has 16 heavy (non-hydrogen) atoms. The number of carbonyl (C=O) groups is 1. The number of carbonyl (C=O) groups excluding carboxylic acids is 1. The Bertz CT molecular complexity index is 382. The van der Waals surface area contributed by atoms with Crippen LogP contribution in [0.15, 0.2) is 18.2 Å². The van der Waals surface area contributed by atoms with Crippen molar-refractivity contribution in [2.45, 2.75) is 13.0 Å². The summed E-state index contributed by atoms with van der Waals surface area (Å²) in [6.07, 6.45) is -0.118. The molecule has 0 spiro atoms. The second kappa shape index (κ2) is 5.46. The maximum absolute atomic E-state index is 13.3. The van der Waals surface area contributed by atoms with Gasteiger partial charge in [0, 0.05) is 19.3 Å². The first kappa shape index (κ1) is 12.4. The van der Waals surface area contributed by atoms with Crippen LogP contribution >= 0.6 is 0 Å². The molecule has 1 rings (SSSR count). The van der Waals surface area contributed by atoms with Gasteiger partial charge in [-0.3, -0.25) is 4.79 Å². The van der Waals surface area contributed by atoms with Gasteiger partial charge in [0.2, 0.25) is 0 Å². The molecule has 0 saturated heterocycles. The van der Waals surface area contributed by atoms with Gasteiger partial charge in [0.25, 0.3) is 5.91 Å². The lowest BCUT2D eigenvalue weighted by Crippen LogP contribution is -2.32. The van der Waals surface area contributed by atoms with Gasteiger partial charge in [0.1, 0.15) is 5.82 Å². The molecule has 1 aromatic carbocycles. The van der Waals surface area contributed by atoms with Crippen molar-refractivity contribution in [1.29, 1.82) is 0 Å². The molecule has 0 radical (unpaired) electrons. The van der Waals surface area contributed by atoms with E-state index >= 15 is 0 Å². The molecule has 88 valence electrons. The smallest absolute Gasteiger partial charge is 0.254 e. The molecule has 0 aromatic heterocycles. The van der Waals surface area contributed by atoms with Crippen LogP contribution in [0.4, 0.5) is 10.1 Å². The van der Waals surface area contributed by atoms with E-state index in [0.717, 1.165) is 0 Å². The summed E-state index contributed by atoms with van der Waals surface area (Å²) >= 11 is 0. The molecular formula is C11H15FN2O2. The minimum atomic E-state index is -0.586. The molecule has 0 bridgehead atoms. The van der Waals surface area contributed by atoms with Crippen molar-refractivity contribution < 1.29 is 13.9 Å². The molecule has 0 saturated carbocycles. The number of methoxy groups -OCH3 is 1. The Labute approximate surface area is 93.6 Å². The fraction of sp³-hybridized carbons (Fsp3) is 0.364. The summed E-state index contributed by atoms with van der Waals surface area (Å²) in [5, 5.41) is 2.56. The molecule has 5 heteroatoms. The maximum Gasteiger partial charge on any atom is 0.254 e. The van der Waals surface area contributed by atoms with Gasteiger partial charge < -0.3 is 15.8 Å². The van der Waals surface area contributed by atoms with Crippen molar-refractivity contribution in [1.82, 2.24) is 5.32 Å². The van der Waals surface area contributed by atoms with E-state index in [2.05, 4.69) is 5.32 Å². The van der Waals surface area contributed by atoms with Crippen molar-refractivity contribution in [3.8, 4) is 0 Å². The van der Waals surface area contributed by atoms with Crippen molar-refractivity contribution in [3.05, 3.63) is 29.6 Å². The maximum atomic E-state index is 13.3. The highest BCUT2D eigenvalue weighted by Crippen LogP contribution is 2.11. The lowest BCUT2D eigenvalue weighted by Gasteiger charge is -2.11. The topological polar surface area (TPSA) is 64.3 Å². The standard InChI is InChI=1S/C11H15FN2O2/c1-7(16-2)6-14-11(15)9-5-8(13)3-4-10(9)12/h3-5,7H,6,13H2,1-2H3,(H,14,15). The SMILES string of the molecule is COC(C)CNC(=O)c1cc(N)ccc1F. The van der Waals surface area contributed by atoms with E-state index in [4.69, 9.17) is 10.5 Å². The zero-order valence-corrected chi connectivity index (χ0v) is 9.29. The fourth-order valence-corrected chi connectivity index (χ4v) is 1.13. The fourth-order valence-electron chi connectivity index (χ4n) is 1.13.